The largest absolute Gasteiger partial charge is 0.159 e. The molecule has 0 radical (unpaired) electrons. The molecule has 0 amide bonds. The molecule has 12 heavy (non-hydrogen) atoms. The van der Waals surface area contributed by atoms with Gasteiger partial charge in [0, 0.05) is 5.25 Å². The van der Waals surface area contributed by atoms with Gasteiger partial charge in [0.15, 0.2) is 0 Å². The summed E-state index contributed by atoms with van der Waals surface area (Å²) in [5, 5.41) is 1.07. The van der Waals surface area contributed by atoms with Crippen LogP contribution in [0.5, 0.6) is 0 Å². The van der Waals surface area contributed by atoms with E-state index in [-0.39, 0.29) is 0 Å². The Bertz CT molecular complexity index is 97.2. The van der Waals surface area contributed by atoms with Crippen molar-refractivity contribution in [3.05, 3.63) is 0 Å². The van der Waals surface area contributed by atoms with Gasteiger partial charge < -0.3 is 0 Å². The molecule has 0 heterocycles. The first kappa shape index (κ1) is 10.4. The summed E-state index contributed by atoms with van der Waals surface area (Å²) in [7, 11) is 0. The van der Waals surface area contributed by atoms with Crippen molar-refractivity contribution in [1.29, 1.82) is 0 Å². The average molecular weight is 186 g/mol. The van der Waals surface area contributed by atoms with E-state index in [0.29, 0.717) is 0 Å². The van der Waals surface area contributed by atoms with Gasteiger partial charge in [-0.2, -0.15) is 11.8 Å². The Labute approximate surface area is 81.5 Å². The molecule has 1 heteroatoms. The number of hydrogen-bond donors (Lipinski definition) is 0. The number of rotatable bonds is 8. The second kappa shape index (κ2) is 6.82. The quantitative estimate of drug-likeness (QED) is 0.511. The summed E-state index contributed by atoms with van der Waals surface area (Å²) in [6.45, 7) is 2.28. The molecule has 1 fully saturated rings. The number of thioether (sulfide) groups is 1. The Morgan fingerprint density at radius 1 is 1.00 bits per heavy atom. The Hall–Kier alpha value is 0.350. The van der Waals surface area contributed by atoms with E-state index in [1.807, 2.05) is 0 Å². The summed E-state index contributed by atoms with van der Waals surface area (Å²) in [4.78, 5) is 0. The summed E-state index contributed by atoms with van der Waals surface area (Å²) >= 11 is 2.21. The van der Waals surface area contributed by atoms with Crippen LogP contribution in [0.1, 0.15) is 58.3 Å². The van der Waals surface area contributed by atoms with Crippen LogP contribution in [0.4, 0.5) is 0 Å². The minimum Gasteiger partial charge on any atom is -0.159 e. The van der Waals surface area contributed by atoms with E-state index in [1.54, 1.807) is 0 Å². The zero-order chi connectivity index (χ0) is 8.65. The third-order valence-corrected chi connectivity index (χ3v) is 3.84. The SMILES string of the molecule is CCCCCCCCSC1CC1. The van der Waals surface area contributed by atoms with Gasteiger partial charge >= 0.3 is 0 Å². The Balaban J connectivity index is 1.65. The molecule has 0 atom stereocenters. The summed E-state index contributed by atoms with van der Waals surface area (Å²) in [5.41, 5.74) is 0. The summed E-state index contributed by atoms with van der Waals surface area (Å²) in [6, 6.07) is 0. The molecule has 0 aliphatic heterocycles. The van der Waals surface area contributed by atoms with Gasteiger partial charge in [-0.05, 0) is 25.0 Å². The lowest BCUT2D eigenvalue weighted by molar-refractivity contribution is 0.627. The third kappa shape index (κ3) is 5.93. The van der Waals surface area contributed by atoms with Crippen molar-refractivity contribution in [2.24, 2.45) is 0 Å². The zero-order valence-corrected chi connectivity index (χ0v) is 9.17. The monoisotopic (exact) mass is 186 g/mol. The van der Waals surface area contributed by atoms with Crippen LogP contribution < -0.4 is 0 Å². The van der Waals surface area contributed by atoms with E-state index in [4.69, 9.17) is 0 Å². The molecule has 1 aliphatic carbocycles. The molecule has 0 saturated heterocycles. The van der Waals surface area contributed by atoms with Crippen LogP contribution >= 0.6 is 11.8 Å². The highest BCUT2D eigenvalue weighted by Gasteiger charge is 2.20. The molecule has 1 saturated carbocycles. The predicted octanol–water partition coefficient (Wildman–Crippen LogP) is 4.24. The first-order valence-electron chi connectivity index (χ1n) is 5.55. The maximum Gasteiger partial charge on any atom is 0.00478 e. The minimum absolute atomic E-state index is 1.07. The minimum atomic E-state index is 1.07. The van der Waals surface area contributed by atoms with Crippen molar-refractivity contribution in [3.63, 3.8) is 0 Å². The summed E-state index contributed by atoms with van der Waals surface area (Å²) in [6.07, 6.45) is 11.7. The molecule has 1 rings (SSSR count). The predicted molar refractivity (Wildman–Crippen MR) is 58.9 cm³/mol. The van der Waals surface area contributed by atoms with Gasteiger partial charge in [-0.1, -0.05) is 39.0 Å². The van der Waals surface area contributed by atoms with Gasteiger partial charge in [0.2, 0.25) is 0 Å². The van der Waals surface area contributed by atoms with Crippen LogP contribution in [0.15, 0.2) is 0 Å². The van der Waals surface area contributed by atoms with Crippen LogP contribution in [0, 0.1) is 0 Å². The van der Waals surface area contributed by atoms with Gasteiger partial charge in [0.1, 0.15) is 0 Å². The van der Waals surface area contributed by atoms with Crippen molar-refractivity contribution in [1.82, 2.24) is 0 Å². The Morgan fingerprint density at radius 3 is 2.33 bits per heavy atom. The van der Waals surface area contributed by atoms with Crippen LogP contribution in [0.25, 0.3) is 0 Å². The normalized spacial score (nSPS) is 16.8. The lowest BCUT2D eigenvalue weighted by Gasteiger charge is -1.99. The second-order valence-corrected chi connectivity index (χ2v) is 5.25. The molecular weight excluding hydrogens is 164 g/mol. The van der Waals surface area contributed by atoms with Crippen LogP contribution in [-0.2, 0) is 0 Å². The standard InChI is InChI=1S/C11H22S/c1-2-3-4-5-6-7-10-12-11-8-9-11/h11H,2-10H2,1H3. The Kier molecular flexibility index (Phi) is 5.93. The molecule has 0 nitrogen and oxygen atoms in total. The van der Waals surface area contributed by atoms with Crippen molar-refractivity contribution in [3.8, 4) is 0 Å². The van der Waals surface area contributed by atoms with Gasteiger partial charge in [-0.3, -0.25) is 0 Å². The Morgan fingerprint density at radius 2 is 1.67 bits per heavy atom. The molecule has 0 aromatic rings. The van der Waals surface area contributed by atoms with Crippen LogP contribution in [-0.4, -0.2) is 11.0 Å². The van der Waals surface area contributed by atoms with Crippen molar-refractivity contribution in [2.45, 2.75) is 63.5 Å². The van der Waals surface area contributed by atoms with Gasteiger partial charge in [-0.15, -0.1) is 0 Å². The molecule has 0 unspecified atom stereocenters. The summed E-state index contributed by atoms with van der Waals surface area (Å²) < 4.78 is 0. The van der Waals surface area contributed by atoms with Crippen LogP contribution in [0.3, 0.4) is 0 Å². The third-order valence-electron chi connectivity index (χ3n) is 2.38. The van der Waals surface area contributed by atoms with E-state index in [2.05, 4.69) is 18.7 Å². The molecule has 0 bridgehead atoms. The topological polar surface area (TPSA) is 0 Å². The highest BCUT2D eigenvalue weighted by atomic mass is 32.2. The first-order valence-corrected chi connectivity index (χ1v) is 6.60. The van der Waals surface area contributed by atoms with Crippen LogP contribution in [0.2, 0.25) is 0 Å². The van der Waals surface area contributed by atoms with E-state index >= 15 is 0 Å². The smallest absolute Gasteiger partial charge is 0.00478 e. The maximum atomic E-state index is 2.28. The van der Waals surface area contributed by atoms with Gasteiger partial charge in [0.05, 0.1) is 0 Å². The fourth-order valence-corrected chi connectivity index (χ4v) is 2.54. The lowest BCUT2D eigenvalue weighted by atomic mass is 10.1. The maximum absolute atomic E-state index is 2.28. The fourth-order valence-electron chi connectivity index (χ4n) is 1.37. The van der Waals surface area contributed by atoms with Gasteiger partial charge in [-0.25, -0.2) is 0 Å². The summed E-state index contributed by atoms with van der Waals surface area (Å²) in [5.74, 6) is 1.43. The molecular formula is C11H22S. The lowest BCUT2D eigenvalue weighted by Crippen LogP contribution is -1.83. The average Bonchev–Trinajstić information content (AvgIpc) is 2.87. The molecule has 0 aromatic carbocycles. The highest BCUT2D eigenvalue weighted by Crippen LogP contribution is 2.34. The zero-order valence-electron chi connectivity index (χ0n) is 8.35. The molecule has 0 N–H and O–H groups in total. The molecule has 1 aliphatic rings. The van der Waals surface area contributed by atoms with Gasteiger partial charge in [0.25, 0.3) is 0 Å². The van der Waals surface area contributed by atoms with E-state index in [1.165, 1.54) is 57.1 Å². The molecule has 0 spiro atoms. The highest BCUT2D eigenvalue weighted by molar-refractivity contribution is 8.00. The van der Waals surface area contributed by atoms with E-state index in [9.17, 15) is 0 Å². The molecule has 72 valence electrons. The second-order valence-electron chi connectivity index (χ2n) is 3.84. The van der Waals surface area contributed by atoms with E-state index < -0.39 is 0 Å². The van der Waals surface area contributed by atoms with Crippen molar-refractivity contribution >= 4 is 11.8 Å². The fraction of sp³-hybridized carbons (Fsp3) is 1.00. The number of unbranched alkanes of at least 4 members (excludes halogenated alkanes) is 5. The van der Waals surface area contributed by atoms with Crippen molar-refractivity contribution in [2.75, 3.05) is 5.75 Å². The van der Waals surface area contributed by atoms with Crippen molar-refractivity contribution < 1.29 is 0 Å². The number of hydrogen-bond acceptors (Lipinski definition) is 1. The first-order chi connectivity index (χ1) is 5.93. The van der Waals surface area contributed by atoms with E-state index in [0.717, 1.165) is 5.25 Å². The molecule has 0 aromatic heterocycles.